The van der Waals surface area contributed by atoms with Gasteiger partial charge in [-0.3, -0.25) is 4.79 Å². The number of rotatable bonds is 6. The fraction of sp³-hybridized carbons (Fsp3) is 0.409. The van der Waals surface area contributed by atoms with Crippen LogP contribution in [0.2, 0.25) is 5.02 Å². The molecule has 0 spiro atoms. The molecule has 2 aromatic heterocycles. The van der Waals surface area contributed by atoms with Crippen molar-refractivity contribution in [3.05, 3.63) is 29.4 Å². The Kier molecular flexibility index (Phi) is 6.54. The summed E-state index contributed by atoms with van der Waals surface area (Å²) in [5, 5.41) is 8.54. The van der Waals surface area contributed by atoms with Crippen molar-refractivity contribution in [3.8, 4) is 5.75 Å². The summed E-state index contributed by atoms with van der Waals surface area (Å²) in [6, 6.07) is 5.65. The number of anilines is 3. The Labute approximate surface area is 197 Å². The van der Waals surface area contributed by atoms with Crippen LogP contribution in [0.4, 0.5) is 17.5 Å². The molecule has 0 atom stereocenters. The van der Waals surface area contributed by atoms with Gasteiger partial charge < -0.3 is 29.8 Å². The van der Waals surface area contributed by atoms with Gasteiger partial charge in [-0.25, -0.2) is 0 Å². The number of carbonyl (C=O) groups excluding carboxylic acids is 1. The van der Waals surface area contributed by atoms with Gasteiger partial charge in [0.05, 0.1) is 23.2 Å². The number of methoxy groups -OCH3 is 1. The van der Waals surface area contributed by atoms with Crippen molar-refractivity contribution < 1.29 is 14.1 Å². The first-order chi connectivity index (χ1) is 15.7. The van der Waals surface area contributed by atoms with Crippen LogP contribution in [-0.2, 0) is 9.36 Å². The smallest absolute Gasteiger partial charge is 0.231 e. The molecule has 4 rings (SSSR count). The number of halogens is 1. The minimum Gasteiger partial charge on any atom is -0.495 e. The summed E-state index contributed by atoms with van der Waals surface area (Å²) in [5.41, 5.74) is 1.26. The SMILES string of the molecule is COc1cc(P2(=O)CCN(C(C)=O)CC2)ccc1Nc1nc(NC(C)C)c2c(Cl)c[nH]c2n1. The van der Waals surface area contributed by atoms with Gasteiger partial charge in [0.15, 0.2) is 0 Å². The van der Waals surface area contributed by atoms with Crippen LogP contribution in [0.5, 0.6) is 5.75 Å². The van der Waals surface area contributed by atoms with Crippen molar-refractivity contribution in [2.45, 2.75) is 26.8 Å². The number of H-pyrrole nitrogens is 1. The second-order valence-corrected chi connectivity index (χ2v) is 12.0. The van der Waals surface area contributed by atoms with Gasteiger partial charge in [-0.05, 0) is 32.0 Å². The molecule has 1 aromatic carbocycles. The third-order valence-corrected chi connectivity index (χ3v) is 9.08. The molecule has 3 N–H and O–H groups in total. The summed E-state index contributed by atoms with van der Waals surface area (Å²) in [4.78, 5) is 25.6. The summed E-state index contributed by atoms with van der Waals surface area (Å²) in [6.07, 6.45) is 2.63. The quantitative estimate of drug-likeness (QED) is 0.447. The van der Waals surface area contributed by atoms with Crippen molar-refractivity contribution in [2.24, 2.45) is 0 Å². The number of ether oxygens (including phenoxy) is 1. The molecule has 33 heavy (non-hydrogen) atoms. The number of benzene rings is 1. The van der Waals surface area contributed by atoms with E-state index in [2.05, 4.69) is 25.6 Å². The van der Waals surface area contributed by atoms with E-state index in [9.17, 15) is 9.36 Å². The molecule has 1 aliphatic heterocycles. The van der Waals surface area contributed by atoms with Crippen LogP contribution in [0.3, 0.4) is 0 Å². The predicted molar refractivity (Wildman–Crippen MR) is 133 cm³/mol. The maximum atomic E-state index is 13.6. The van der Waals surface area contributed by atoms with Crippen LogP contribution < -0.4 is 20.7 Å². The maximum Gasteiger partial charge on any atom is 0.231 e. The van der Waals surface area contributed by atoms with E-state index >= 15 is 0 Å². The zero-order valence-electron chi connectivity index (χ0n) is 19.1. The van der Waals surface area contributed by atoms with Gasteiger partial charge in [0, 0.05) is 49.9 Å². The highest BCUT2D eigenvalue weighted by molar-refractivity contribution is 7.71. The first-order valence-corrected chi connectivity index (χ1v) is 13.3. The molecule has 9 nitrogen and oxygen atoms in total. The summed E-state index contributed by atoms with van der Waals surface area (Å²) < 4.78 is 19.2. The first kappa shape index (κ1) is 23.4. The minimum absolute atomic E-state index is 0.0185. The zero-order valence-corrected chi connectivity index (χ0v) is 20.8. The van der Waals surface area contributed by atoms with E-state index in [-0.39, 0.29) is 11.9 Å². The third kappa shape index (κ3) is 4.80. The van der Waals surface area contributed by atoms with Gasteiger partial charge in [0.1, 0.15) is 24.4 Å². The maximum absolute atomic E-state index is 13.6. The topological polar surface area (TPSA) is 112 Å². The molecule has 0 aliphatic carbocycles. The third-order valence-electron chi connectivity index (χ3n) is 5.72. The largest absolute Gasteiger partial charge is 0.495 e. The summed E-state index contributed by atoms with van der Waals surface area (Å²) in [7, 11) is -1.03. The number of fused-ring (bicyclic) bond motifs is 1. The second kappa shape index (κ2) is 9.23. The Morgan fingerprint density at radius 2 is 2.00 bits per heavy atom. The molecule has 1 fully saturated rings. The molecule has 1 amide bonds. The monoisotopic (exact) mass is 490 g/mol. The Hall–Kier alpha value is -2.77. The van der Waals surface area contributed by atoms with Crippen molar-refractivity contribution >= 4 is 58.4 Å². The van der Waals surface area contributed by atoms with Gasteiger partial charge in [0.2, 0.25) is 11.9 Å². The lowest BCUT2D eigenvalue weighted by atomic mass is 10.3. The number of aromatic nitrogens is 3. The van der Waals surface area contributed by atoms with Crippen LogP contribution in [0, 0.1) is 0 Å². The normalized spacial score (nSPS) is 15.6. The predicted octanol–water partition coefficient (Wildman–Crippen LogP) is 4.03. The van der Waals surface area contributed by atoms with Gasteiger partial charge in [-0.2, -0.15) is 9.97 Å². The molecular formula is C22H28ClN6O3P. The number of aromatic amines is 1. The number of hydrogen-bond acceptors (Lipinski definition) is 7. The van der Waals surface area contributed by atoms with E-state index in [1.54, 1.807) is 25.1 Å². The fourth-order valence-corrected chi connectivity index (χ4v) is 6.75. The van der Waals surface area contributed by atoms with Crippen molar-refractivity contribution in [3.63, 3.8) is 0 Å². The molecule has 176 valence electrons. The van der Waals surface area contributed by atoms with E-state index in [1.807, 2.05) is 32.0 Å². The van der Waals surface area contributed by atoms with E-state index in [4.69, 9.17) is 16.3 Å². The van der Waals surface area contributed by atoms with E-state index in [0.29, 0.717) is 59.3 Å². The lowest BCUT2D eigenvalue weighted by Gasteiger charge is -2.32. The van der Waals surface area contributed by atoms with Crippen LogP contribution in [0.1, 0.15) is 20.8 Å². The van der Waals surface area contributed by atoms with Crippen molar-refractivity contribution in [2.75, 3.05) is 43.2 Å². The standard InChI is InChI=1S/C22H28ClN6O3P/c1-13(2)25-21-19-16(23)12-24-20(19)27-22(28-21)26-17-6-5-15(11-18(17)32-4)33(31)9-7-29(8-10-33)14(3)30/h5-6,11-13H,7-10H2,1-4H3,(H3,24,25,26,27,28). The average Bonchev–Trinajstić information content (AvgIpc) is 3.14. The molecule has 0 unspecified atom stereocenters. The summed E-state index contributed by atoms with van der Waals surface area (Å²) >= 11 is 6.31. The Morgan fingerprint density at radius 3 is 2.64 bits per heavy atom. The van der Waals surface area contributed by atoms with Crippen LogP contribution >= 0.6 is 18.7 Å². The highest BCUT2D eigenvalue weighted by Crippen LogP contribution is 2.47. The van der Waals surface area contributed by atoms with Crippen molar-refractivity contribution in [1.82, 2.24) is 19.9 Å². The van der Waals surface area contributed by atoms with Gasteiger partial charge >= 0.3 is 0 Å². The van der Waals surface area contributed by atoms with Crippen LogP contribution in [-0.4, -0.2) is 64.3 Å². The summed E-state index contributed by atoms with van der Waals surface area (Å²) in [6.45, 7) is 6.60. The number of hydrogen-bond donors (Lipinski definition) is 3. The highest BCUT2D eigenvalue weighted by Gasteiger charge is 2.32. The second-order valence-electron chi connectivity index (χ2n) is 8.41. The van der Waals surface area contributed by atoms with E-state index in [1.165, 1.54) is 0 Å². The Balaban J connectivity index is 1.62. The average molecular weight is 491 g/mol. The Morgan fingerprint density at radius 1 is 1.27 bits per heavy atom. The minimum atomic E-state index is -2.60. The van der Waals surface area contributed by atoms with Gasteiger partial charge in [0.25, 0.3) is 0 Å². The lowest BCUT2D eigenvalue weighted by molar-refractivity contribution is -0.128. The highest BCUT2D eigenvalue weighted by atomic mass is 35.5. The molecule has 0 radical (unpaired) electrons. The molecule has 1 saturated heterocycles. The summed E-state index contributed by atoms with van der Waals surface area (Å²) in [5.74, 6) is 1.56. The van der Waals surface area contributed by atoms with Gasteiger partial charge in [-0.1, -0.05) is 11.6 Å². The molecular weight excluding hydrogens is 463 g/mol. The van der Waals surface area contributed by atoms with Gasteiger partial charge in [-0.15, -0.1) is 0 Å². The fourth-order valence-electron chi connectivity index (χ4n) is 3.95. The zero-order chi connectivity index (χ0) is 23.8. The Bertz CT molecular complexity index is 1230. The van der Waals surface area contributed by atoms with Crippen LogP contribution in [0.15, 0.2) is 24.4 Å². The number of nitrogens with zero attached hydrogens (tertiary/aromatic N) is 3. The number of amides is 1. The van der Waals surface area contributed by atoms with Crippen molar-refractivity contribution in [1.29, 1.82) is 0 Å². The molecule has 0 saturated carbocycles. The first-order valence-electron chi connectivity index (χ1n) is 10.8. The number of nitrogens with one attached hydrogen (secondary N) is 3. The number of carbonyl (C=O) groups is 1. The molecule has 3 aromatic rings. The van der Waals surface area contributed by atoms with E-state index in [0.717, 1.165) is 10.7 Å². The lowest BCUT2D eigenvalue weighted by Crippen LogP contribution is -2.39. The molecule has 0 bridgehead atoms. The molecule has 1 aliphatic rings. The molecule has 11 heteroatoms. The molecule has 3 heterocycles. The van der Waals surface area contributed by atoms with Crippen LogP contribution in [0.25, 0.3) is 11.0 Å². The van der Waals surface area contributed by atoms with E-state index < -0.39 is 7.14 Å².